The Hall–Kier alpha value is -3.00. The number of carbonyl (C=O) groups is 1. The number of benzene rings is 3. The minimum Gasteiger partial charge on any atom is -0.451 e. The van der Waals surface area contributed by atoms with Gasteiger partial charge in [-0.15, -0.1) is 0 Å². The van der Waals surface area contributed by atoms with Crippen molar-refractivity contribution >= 4 is 61.5 Å². The summed E-state index contributed by atoms with van der Waals surface area (Å²) in [4.78, 5) is 12.5. The Labute approximate surface area is 188 Å². The largest absolute Gasteiger partial charge is 0.451 e. The highest BCUT2D eigenvalue weighted by Gasteiger charge is 2.19. The normalized spacial score (nSPS) is 11.5. The Bertz CT molecular complexity index is 1380. The molecule has 1 aromatic heterocycles. The van der Waals surface area contributed by atoms with Gasteiger partial charge >= 0.3 is 0 Å². The third-order valence-electron chi connectivity index (χ3n) is 4.57. The standard InChI is InChI=1S/C22H16Cl2N2O4S/c1-13-6-7-15(11-18(13)24)26-31(28,29)16-8-9-17(23)19(12-16)25-22(27)21-10-14-4-2-3-5-20(14)30-21/h2-12,26H,1H3,(H,25,27). The number of halogens is 2. The number of hydrogen-bond donors (Lipinski definition) is 2. The van der Waals surface area contributed by atoms with E-state index < -0.39 is 15.9 Å². The van der Waals surface area contributed by atoms with E-state index in [1.807, 2.05) is 19.1 Å². The number of furan rings is 1. The number of fused-ring (bicyclic) bond motifs is 1. The van der Waals surface area contributed by atoms with Gasteiger partial charge in [0.05, 0.1) is 21.3 Å². The molecule has 31 heavy (non-hydrogen) atoms. The minimum absolute atomic E-state index is 0.0755. The Balaban J connectivity index is 1.59. The molecule has 9 heteroatoms. The van der Waals surface area contributed by atoms with Crippen LogP contribution in [0.5, 0.6) is 0 Å². The van der Waals surface area contributed by atoms with Gasteiger partial charge in [0.1, 0.15) is 5.58 Å². The summed E-state index contributed by atoms with van der Waals surface area (Å²) in [6.45, 7) is 1.82. The van der Waals surface area contributed by atoms with E-state index in [0.29, 0.717) is 16.3 Å². The minimum atomic E-state index is -3.95. The number of para-hydroxylation sites is 1. The van der Waals surface area contributed by atoms with Gasteiger partial charge in [0, 0.05) is 10.4 Å². The Morgan fingerprint density at radius 1 is 0.935 bits per heavy atom. The lowest BCUT2D eigenvalue weighted by atomic mass is 10.2. The maximum Gasteiger partial charge on any atom is 0.291 e. The fourth-order valence-electron chi connectivity index (χ4n) is 2.92. The van der Waals surface area contributed by atoms with Crippen molar-refractivity contribution in [2.45, 2.75) is 11.8 Å². The number of anilines is 2. The number of nitrogens with one attached hydrogen (secondary N) is 2. The lowest BCUT2D eigenvalue weighted by molar-refractivity contribution is 0.0998. The van der Waals surface area contributed by atoms with E-state index in [9.17, 15) is 13.2 Å². The van der Waals surface area contributed by atoms with E-state index in [1.165, 1.54) is 24.3 Å². The zero-order valence-electron chi connectivity index (χ0n) is 16.1. The number of amides is 1. The first-order valence-electron chi connectivity index (χ1n) is 9.11. The number of hydrogen-bond acceptors (Lipinski definition) is 4. The smallest absolute Gasteiger partial charge is 0.291 e. The van der Waals surface area contributed by atoms with Gasteiger partial charge in [-0.1, -0.05) is 47.5 Å². The molecule has 6 nitrogen and oxygen atoms in total. The molecule has 0 aliphatic rings. The van der Waals surface area contributed by atoms with Crippen molar-refractivity contribution in [1.82, 2.24) is 0 Å². The van der Waals surface area contributed by atoms with Crippen molar-refractivity contribution in [2.75, 3.05) is 10.0 Å². The topological polar surface area (TPSA) is 88.4 Å². The molecule has 1 amide bonds. The maximum absolute atomic E-state index is 12.8. The highest BCUT2D eigenvalue weighted by Crippen LogP contribution is 2.29. The van der Waals surface area contributed by atoms with Crippen LogP contribution >= 0.6 is 23.2 Å². The molecule has 0 saturated heterocycles. The molecule has 2 N–H and O–H groups in total. The summed E-state index contributed by atoms with van der Waals surface area (Å²) < 4.78 is 33.6. The van der Waals surface area contributed by atoms with Crippen LogP contribution in [-0.2, 0) is 10.0 Å². The predicted octanol–water partition coefficient (Wildman–Crippen LogP) is 6.10. The predicted molar refractivity (Wildman–Crippen MR) is 123 cm³/mol. The van der Waals surface area contributed by atoms with Crippen LogP contribution in [0.3, 0.4) is 0 Å². The third-order valence-corrected chi connectivity index (χ3v) is 6.69. The van der Waals surface area contributed by atoms with Crippen molar-refractivity contribution in [1.29, 1.82) is 0 Å². The maximum atomic E-state index is 12.8. The molecule has 0 atom stereocenters. The van der Waals surface area contributed by atoms with E-state index in [-0.39, 0.29) is 21.4 Å². The van der Waals surface area contributed by atoms with Gasteiger partial charge in [-0.25, -0.2) is 8.42 Å². The first kappa shape index (κ1) is 21.2. The fourth-order valence-corrected chi connectivity index (χ4v) is 4.34. The first-order chi connectivity index (χ1) is 14.7. The van der Waals surface area contributed by atoms with Crippen molar-refractivity contribution in [3.8, 4) is 0 Å². The average molecular weight is 475 g/mol. The summed E-state index contributed by atoms with van der Waals surface area (Å²) in [7, 11) is -3.95. The number of rotatable bonds is 5. The highest BCUT2D eigenvalue weighted by molar-refractivity contribution is 7.92. The summed E-state index contributed by atoms with van der Waals surface area (Å²) in [6.07, 6.45) is 0. The van der Waals surface area contributed by atoms with Gasteiger partial charge in [-0.3, -0.25) is 9.52 Å². The molecule has 0 aliphatic heterocycles. The van der Waals surface area contributed by atoms with Crippen LogP contribution in [0.1, 0.15) is 16.1 Å². The van der Waals surface area contributed by atoms with E-state index >= 15 is 0 Å². The van der Waals surface area contributed by atoms with Gasteiger partial charge in [-0.2, -0.15) is 0 Å². The monoisotopic (exact) mass is 474 g/mol. The molecule has 0 aliphatic carbocycles. The van der Waals surface area contributed by atoms with Gasteiger partial charge in [0.2, 0.25) is 0 Å². The fraction of sp³-hybridized carbons (Fsp3) is 0.0455. The van der Waals surface area contributed by atoms with Crippen molar-refractivity contribution in [3.63, 3.8) is 0 Å². The molecular weight excluding hydrogens is 459 g/mol. The van der Waals surface area contributed by atoms with Crippen LogP contribution in [0.15, 0.2) is 76.0 Å². The van der Waals surface area contributed by atoms with Gasteiger partial charge < -0.3 is 9.73 Å². The Kier molecular flexibility index (Phi) is 5.66. The van der Waals surface area contributed by atoms with Gasteiger partial charge in [-0.05, 0) is 55.0 Å². The lowest BCUT2D eigenvalue weighted by Gasteiger charge is -2.12. The van der Waals surface area contributed by atoms with Crippen molar-refractivity contribution in [2.24, 2.45) is 0 Å². The number of aryl methyl sites for hydroxylation is 1. The zero-order valence-corrected chi connectivity index (χ0v) is 18.5. The van der Waals surface area contributed by atoms with Crippen molar-refractivity contribution in [3.05, 3.63) is 88.1 Å². The summed E-state index contributed by atoms with van der Waals surface area (Å²) in [5.41, 5.74) is 1.85. The number of sulfonamides is 1. The van der Waals surface area contributed by atoms with Crippen LogP contribution in [0.4, 0.5) is 11.4 Å². The van der Waals surface area contributed by atoms with Crippen LogP contribution in [0.2, 0.25) is 10.0 Å². The summed E-state index contributed by atoms with van der Waals surface area (Å²) in [5, 5.41) is 4.00. The lowest BCUT2D eigenvalue weighted by Crippen LogP contribution is -2.15. The zero-order chi connectivity index (χ0) is 22.2. The van der Waals surface area contributed by atoms with Crippen LogP contribution in [0.25, 0.3) is 11.0 Å². The second-order valence-electron chi connectivity index (χ2n) is 6.81. The van der Waals surface area contributed by atoms with E-state index in [0.717, 1.165) is 10.9 Å². The highest BCUT2D eigenvalue weighted by atomic mass is 35.5. The van der Waals surface area contributed by atoms with E-state index in [4.69, 9.17) is 27.6 Å². The molecular formula is C22H16Cl2N2O4S. The third kappa shape index (κ3) is 4.54. The molecule has 0 saturated carbocycles. The molecule has 0 unspecified atom stereocenters. The molecule has 158 valence electrons. The van der Waals surface area contributed by atoms with Crippen LogP contribution in [0, 0.1) is 6.92 Å². The SMILES string of the molecule is Cc1ccc(NS(=O)(=O)c2ccc(Cl)c(NC(=O)c3cc4ccccc4o3)c2)cc1Cl. The van der Waals surface area contributed by atoms with Crippen molar-refractivity contribution < 1.29 is 17.6 Å². The average Bonchev–Trinajstić information content (AvgIpc) is 3.16. The molecule has 1 heterocycles. The van der Waals surface area contributed by atoms with Crippen LogP contribution < -0.4 is 10.0 Å². The van der Waals surface area contributed by atoms with Crippen LogP contribution in [-0.4, -0.2) is 14.3 Å². The molecule has 0 spiro atoms. The van der Waals surface area contributed by atoms with Gasteiger partial charge in [0.25, 0.3) is 15.9 Å². The molecule has 0 bridgehead atoms. The summed E-state index contributed by atoms with van der Waals surface area (Å²) >= 11 is 12.2. The van der Waals surface area contributed by atoms with Gasteiger partial charge in [0.15, 0.2) is 5.76 Å². The summed E-state index contributed by atoms with van der Waals surface area (Å²) in [5.74, 6) is -0.469. The number of carbonyl (C=O) groups excluding carboxylic acids is 1. The summed E-state index contributed by atoms with van der Waals surface area (Å²) in [6, 6.07) is 17.7. The molecule has 0 fully saturated rings. The molecule has 4 aromatic rings. The van der Waals surface area contributed by atoms with E-state index in [1.54, 1.807) is 30.3 Å². The molecule has 4 rings (SSSR count). The Morgan fingerprint density at radius 3 is 2.45 bits per heavy atom. The quantitative estimate of drug-likeness (QED) is 0.365. The van der Waals surface area contributed by atoms with E-state index in [2.05, 4.69) is 10.0 Å². The molecule has 3 aromatic carbocycles. The molecule has 0 radical (unpaired) electrons. The Morgan fingerprint density at radius 2 is 1.71 bits per heavy atom. The second-order valence-corrected chi connectivity index (χ2v) is 9.31. The first-order valence-corrected chi connectivity index (χ1v) is 11.4. The second kappa shape index (κ2) is 8.26.